The van der Waals surface area contributed by atoms with Crippen molar-refractivity contribution >= 4 is 34.6 Å². The van der Waals surface area contributed by atoms with Crippen LogP contribution in [0.3, 0.4) is 0 Å². The van der Waals surface area contributed by atoms with Crippen LogP contribution in [0, 0.1) is 0 Å². The molecule has 0 radical (unpaired) electrons. The zero-order valence-electron chi connectivity index (χ0n) is 10.3. The topological polar surface area (TPSA) is 38.3 Å². The first-order valence-electron chi connectivity index (χ1n) is 5.91. The van der Waals surface area contributed by atoms with Gasteiger partial charge >= 0.3 is 5.97 Å². The number of carbonyl (C=O) groups is 1. The summed E-state index contributed by atoms with van der Waals surface area (Å²) in [5, 5.41) is 5.67. The first-order chi connectivity index (χ1) is 9.24. The number of nitrogens with one attached hydrogen (secondary N) is 1. The molecule has 1 aromatic carbocycles. The van der Waals surface area contributed by atoms with Gasteiger partial charge in [-0.2, -0.15) is 0 Å². The van der Waals surface area contributed by atoms with E-state index >= 15 is 0 Å². The molecule has 100 valence electrons. The third kappa shape index (κ3) is 4.93. The fourth-order valence-corrected chi connectivity index (χ4v) is 2.33. The number of hydrogen-bond acceptors (Lipinski definition) is 4. The SMILES string of the molecule is O=C(CNc1ccc(Cl)cc1)OCCc1cccs1. The van der Waals surface area contributed by atoms with E-state index in [1.165, 1.54) is 4.88 Å². The zero-order chi connectivity index (χ0) is 13.5. The highest BCUT2D eigenvalue weighted by Gasteiger charge is 2.03. The van der Waals surface area contributed by atoms with Gasteiger partial charge in [-0.15, -0.1) is 11.3 Å². The summed E-state index contributed by atoms with van der Waals surface area (Å²) >= 11 is 7.44. The van der Waals surface area contributed by atoms with Crippen molar-refractivity contribution in [3.05, 3.63) is 51.7 Å². The van der Waals surface area contributed by atoms with Crippen LogP contribution < -0.4 is 5.32 Å². The van der Waals surface area contributed by atoms with Crippen LogP contribution in [0.1, 0.15) is 4.88 Å². The van der Waals surface area contributed by atoms with Gasteiger partial charge in [0.25, 0.3) is 0 Å². The van der Waals surface area contributed by atoms with Gasteiger partial charge in [-0.05, 0) is 35.7 Å². The van der Waals surface area contributed by atoms with E-state index in [0.717, 1.165) is 12.1 Å². The molecule has 1 heterocycles. The van der Waals surface area contributed by atoms with Crippen molar-refractivity contribution in [1.82, 2.24) is 0 Å². The summed E-state index contributed by atoms with van der Waals surface area (Å²) < 4.78 is 5.14. The first-order valence-corrected chi connectivity index (χ1v) is 7.17. The average Bonchev–Trinajstić information content (AvgIpc) is 2.91. The molecule has 2 rings (SSSR count). The standard InChI is InChI=1S/C14H14ClNO2S/c15-11-3-5-12(6-4-11)16-10-14(17)18-8-7-13-2-1-9-19-13/h1-6,9,16H,7-8,10H2. The molecule has 5 heteroatoms. The second-order valence-corrected chi connectivity index (χ2v) is 5.38. The van der Waals surface area contributed by atoms with Crippen LogP contribution in [0.25, 0.3) is 0 Å². The van der Waals surface area contributed by atoms with E-state index in [2.05, 4.69) is 5.32 Å². The lowest BCUT2D eigenvalue weighted by atomic mass is 10.3. The van der Waals surface area contributed by atoms with Gasteiger partial charge in [0.05, 0.1) is 6.61 Å². The minimum absolute atomic E-state index is 0.159. The highest BCUT2D eigenvalue weighted by molar-refractivity contribution is 7.09. The van der Waals surface area contributed by atoms with E-state index in [-0.39, 0.29) is 12.5 Å². The minimum atomic E-state index is -0.258. The van der Waals surface area contributed by atoms with E-state index < -0.39 is 0 Å². The Kier molecular flexibility index (Phi) is 5.24. The molecule has 2 aromatic rings. The van der Waals surface area contributed by atoms with Crippen LogP contribution in [0.2, 0.25) is 5.02 Å². The molecule has 0 fully saturated rings. The maximum Gasteiger partial charge on any atom is 0.325 e. The monoisotopic (exact) mass is 295 g/mol. The van der Waals surface area contributed by atoms with Gasteiger partial charge in [0.15, 0.2) is 0 Å². The number of hydrogen-bond donors (Lipinski definition) is 1. The van der Waals surface area contributed by atoms with Crippen molar-refractivity contribution in [1.29, 1.82) is 0 Å². The number of esters is 1. The van der Waals surface area contributed by atoms with Crippen LogP contribution in [0.15, 0.2) is 41.8 Å². The highest BCUT2D eigenvalue weighted by atomic mass is 35.5. The maximum atomic E-state index is 11.5. The second-order valence-electron chi connectivity index (χ2n) is 3.91. The smallest absolute Gasteiger partial charge is 0.325 e. The fraction of sp³-hybridized carbons (Fsp3) is 0.214. The van der Waals surface area contributed by atoms with Crippen molar-refractivity contribution in [2.24, 2.45) is 0 Å². The number of carbonyl (C=O) groups excluding carboxylic acids is 1. The number of ether oxygens (including phenoxy) is 1. The number of benzene rings is 1. The van der Waals surface area contributed by atoms with E-state index in [9.17, 15) is 4.79 Å². The van der Waals surface area contributed by atoms with Crippen LogP contribution in [0.4, 0.5) is 5.69 Å². The minimum Gasteiger partial charge on any atom is -0.464 e. The van der Waals surface area contributed by atoms with Crippen molar-refractivity contribution in [3.8, 4) is 0 Å². The molecule has 1 N–H and O–H groups in total. The molecule has 3 nitrogen and oxygen atoms in total. The predicted octanol–water partition coefficient (Wildman–Crippen LogP) is 3.60. The predicted molar refractivity (Wildman–Crippen MR) is 78.9 cm³/mol. The number of anilines is 1. The summed E-state index contributed by atoms with van der Waals surface area (Å²) in [7, 11) is 0. The van der Waals surface area contributed by atoms with Crippen molar-refractivity contribution in [2.45, 2.75) is 6.42 Å². The van der Waals surface area contributed by atoms with Crippen LogP contribution in [0.5, 0.6) is 0 Å². The van der Waals surface area contributed by atoms with Crippen molar-refractivity contribution < 1.29 is 9.53 Å². The highest BCUT2D eigenvalue weighted by Crippen LogP contribution is 2.13. The Morgan fingerprint density at radius 1 is 1.26 bits per heavy atom. The molecule has 0 unspecified atom stereocenters. The molecular formula is C14H14ClNO2S. The second kappa shape index (κ2) is 7.16. The van der Waals surface area contributed by atoms with Gasteiger partial charge in [0.1, 0.15) is 6.54 Å². The van der Waals surface area contributed by atoms with E-state index in [4.69, 9.17) is 16.3 Å². The lowest BCUT2D eigenvalue weighted by Gasteiger charge is -2.07. The number of thiophene rings is 1. The van der Waals surface area contributed by atoms with Crippen LogP contribution in [-0.4, -0.2) is 19.1 Å². The van der Waals surface area contributed by atoms with Crippen molar-refractivity contribution in [3.63, 3.8) is 0 Å². The van der Waals surface area contributed by atoms with E-state index in [1.807, 2.05) is 29.6 Å². The summed E-state index contributed by atoms with van der Waals surface area (Å²) in [6.45, 7) is 0.577. The van der Waals surface area contributed by atoms with Crippen LogP contribution in [-0.2, 0) is 16.0 Å². The van der Waals surface area contributed by atoms with Crippen LogP contribution >= 0.6 is 22.9 Å². The Hall–Kier alpha value is -1.52. The molecule has 0 saturated heterocycles. The quantitative estimate of drug-likeness (QED) is 0.828. The van der Waals surface area contributed by atoms with Crippen molar-refractivity contribution in [2.75, 3.05) is 18.5 Å². The summed E-state index contributed by atoms with van der Waals surface area (Å²) in [5.41, 5.74) is 0.847. The average molecular weight is 296 g/mol. The Bertz CT molecular complexity index is 511. The van der Waals surface area contributed by atoms with Gasteiger partial charge in [-0.25, -0.2) is 0 Å². The molecule has 0 amide bonds. The Morgan fingerprint density at radius 3 is 2.74 bits per heavy atom. The molecule has 0 aliphatic carbocycles. The normalized spacial score (nSPS) is 10.2. The molecule has 0 aliphatic heterocycles. The lowest BCUT2D eigenvalue weighted by Crippen LogP contribution is -2.17. The summed E-state index contributed by atoms with van der Waals surface area (Å²) in [6.07, 6.45) is 0.768. The van der Waals surface area contributed by atoms with E-state index in [0.29, 0.717) is 11.6 Å². The van der Waals surface area contributed by atoms with Gasteiger partial charge < -0.3 is 10.1 Å². The Balaban J connectivity index is 1.65. The lowest BCUT2D eigenvalue weighted by molar-refractivity contribution is -0.141. The maximum absolute atomic E-state index is 11.5. The largest absolute Gasteiger partial charge is 0.464 e. The fourth-order valence-electron chi connectivity index (χ4n) is 1.51. The summed E-state index contributed by atoms with van der Waals surface area (Å²) in [4.78, 5) is 12.7. The molecule has 0 atom stereocenters. The van der Waals surface area contributed by atoms with E-state index in [1.54, 1.807) is 23.5 Å². The molecule has 0 saturated carbocycles. The molecule has 19 heavy (non-hydrogen) atoms. The molecule has 0 bridgehead atoms. The third-order valence-electron chi connectivity index (χ3n) is 2.47. The zero-order valence-corrected chi connectivity index (χ0v) is 11.8. The first kappa shape index (κ1) is 13.9. The van der Waals surface area contributed by atoms with Gasteiger partial charge in [-0.3, -0.25) is 4.79 Å². The van der Waals surface area contributed by atoms with Gasteiger partial charge in [-0.1, -0.05) is 17.7 Å². The third-order valence-corrected chi connectivity index (χ3v) is 3.66. The Labute approximate surface area is 121 Å². The van der Waals surface area contributed by atoms with Gasteiger partial charge in [0.2, 0.25) is 0 Å². The molecular weight excluding hydrogens is 282 g/mol. The molecule has 0 aliphatic rings. The van der Waals surface area contributed by atoms with Gasteiger partial charge in [0, 0.05) is 22.0 Å². The molecule has 1 aromatic heterocycles. The summed E-state index contributed by atoms with van der Waals surface area (Å²) in [6, 6.07) is 11.2. The number of rotatable bonds is 6. The number of halogens is 1. The Morgan fingerprint density at radius 2 is 2.05 bits per heavy atom. The molecule has 0 spiro atoms. The summed E-state index contributed by atoms with van der Waals surface area (Å²) in [5.74, 6) is -0.258.